The summed E-state index contributed by atoms with van der Waals surface area (Å²) in [5.74, 6) is -2.53. The van der Waals surface area contributed by atoms with Crippen LogP contribution in [-0.2, 0) is 9.59 Å². The second-order valence-electron chi connectivity index (χ2n) is 3.88. The van der Waals surface area contributed by atoms with Crippen molar-refractivity contribution in [1.82, 2.24) is 0 Å². The average Bonchev–Trinajstić information content (AvgIpc) is 2.35. The third-order valence-electron chi connectivity index (χ3n) is 2.41. The maximum Gasteiger partial charge on any atom is 0.335 e. The fourth-order valence-electron chi connectivity index (χ4n) is 1.47. The fourth-order valence-corrected chi connectivity index (χ4v) is 1.47. The van der Waals surface area contributed by atoms with Crippen molar-refractivity contribution in [2.75, 3.05) is 0 Å². The molecule has 0 amide bonds. The molecule has 1 aromatic rings. The Balaban J connectivity index is 3.18. The van der Waals surface area contributed by atoms with Gasteiger partial charge < -0.3 is 10.2 Å². The first-order valence-corrected chi connectivity index (χ1v) is 5.42. The van der Waals surface area contributed by atoms with E-state index in [0.717, 1.165) is 6.08 Å². The third-order valence-corrected chi connectivity index (χ3v) is 2.41. The largest absolute Gasteiger partial charge is 0.478 e. The van der Waals surface area contributed by atoms with Crippen molar-refractivity contribution in [3.05, 3.63) is 57.2 Å². The molecule has 20 heavy (non-hydrogen) atoms. The molecule has 0 unspecified atom stereocenters. The van der Waals surface area contributed by atoms with Crippen LogP contribution in [-0.4, -0.2) is 27.1 Å². The first kappa shape index (κ1) is 15.1. The van der Waals surface area contributed by atoms with Gasteiger partial charge in [-0.1, -0.05) is 0 Å². The Bertz CT molecular complexity index is 612. The van der Waals surface area contributed by atoms with Crippen molar-refractivity contribution >= 4 is 23.7 Å². The number of carboxylic acids is 2. The number of rotatable bonds is 5. The van der Waals surface area contributed by atoms with E-state index < -0.39 is 16.9 Å². The summed E-state index contributed by atoms with van der Waals surface area (Å²) in [6.45, 7) is 1.36. The van der Waals surface area contributed by atoms with E-state index in [1.54, 1.807) is 0 Å². The normalized spacial score (nSPS) is 12.1. The van der Waals surface area contributed by atoms with Crippen LogP contribution in [0, 0.1) is 10.1 Å². The number of carbonyl (C=O) groups is 2. The number of benzene rings is 1. The number of nitrogens with zero attached hydrogens (tertiary/aromatic N) is 1. The predicted octanol–water partition coefficient (Wildman–Crippen LogP) is 2.09. The van der Waals surface area contributed by atoms with Crippen LogP contribution in [0.4, 0.5) is 5.69 Å². The first-order valence-electron chi connectivity index (χ1n) is 5.42. The number of nitro benzene ring substituents is 1. The molecular formula is C13H11NO6. The number of aliphatic carboxylic acids is 2. The molecule has 0 radical (unpaired) electrons. The van der Waals surface area contributed by atoms with E-state index in [-0.39, 0.29) is 16.8 Å². The van der Waals surface area contributed by atoms with Crippen LogP contribution < -0.4 is 0 Å². The smallest absolute Gasteiger partial charge is 0.335 e. The van der Waals surface area contributed by atoms with Gasteiger partial charge in [0.2, 0.25) is 0 Å². The van der Waals surface area contributed by atoms with Crippen molar-refractivity contribution in [1.29, 1.82) is 0 Å². The maximum absolute atomic E-state index is 11.1. The monoisotopic (exact) mass is 277 g/mol. The van der Waals surface area contributed by atoms with Crippen LogP contribution in [0.5, 0.6) is 0 Å². The van der Waals surface area contributed by atoms with Gasteiger partial charge in [0, 0.05) is 18.2 Å². The van der Waals surface area contributed by atoms with E-state index in [9.17, 15) is 19.7 Å². The molecule has 0 aromatic heterocycles. The molecule has 2 N–H and O–H groups in total. The van der Waals surface area contributed by atoms with Crippen LogP contribution >= 0.6 is 0 Å². The van der Waals surface area contributed by atoms with Crippen molar-refractivity contribution in [3.8, 4) is 0 Å². The highest BCUT2D eigenvalue weighted by atomic mass is 16.6. The van der Waals surface area contributed by atoms with E-state index in [2.05, 4.69) is 0 Å². The molecule has 0 bridgehead atoms. The highest BCUT2D eigenvalue weighted by molar-refractivity contribution is 5.99. The van der Waals surface area contributed by atoms with Crippen molar-refractivity contribution in [2.45, 2.75) is 6.92 Å². The fraction of sp³-hybridized carbons (Fsp3) is 0.0769. The molecule has 0 heterocycles. The standard InChI is InChI=1S/C13H11NO6/c1-8(6-12(15)16)11(13(17)18)7-9-2-4-10(5-3-9)14(19)20/h2-7H,1H3,(H,15,16)(H,17,18). The lowest BCUT2D eigenvalue weighted by molar-refractivity contribution is -0.384. The molecule has 7 heteroatoms. The molecule has 0 spiro atoms. The van der Waals surface area contributed by atoms with E-state index >= 15 is 0 Å². The summed E-state index contributed by atoms with van der Waals surface area (Å²) < 4.78 is 0. The van der Waals surface area contributed by atoms with Gasteiger partial charge in [0.15, 0.2) is 0 Å². The zero-order valence-electron chi connectivity index (χ0n) is 10.4. The molecule has 7 nitrogen and oxygen atoms in total. The van der Waals surface area contributed by atoms with Gasteiger partial charge in [-0.25, -0.2) is 9.59 Å². The van der Waals surface area contributed by atoms with Gasteiger partial charge in [-0.05, 0) is 36.3 Å². The molecule has 1 rings (SSSR count). The minimum atomic E-state index is -1.28. The lowest BCUT2D eigenvalue weighted by atomic mass is 10.0. The average molecular weight is 277 g/mol. The van der Waals surface area contributed by atoms with Crippen molar-refractivity contribution in [3.63, 3.8) is 0 Å². The summed E-state index contributed by atoms with van der Waals surface area (Å²) in [5, 5.41) is 28.2. The SMILES string of the molecule is CC(=CC(=O)O)C(=Cc1ccc([N+](=O)[O-])cc1)C(=O)O. The summed E-state index contributed by atoms with van der Waals surface area (Å²) in [7, 11) is 0. The molecule has 0 atom stereocenters. The Labute approximate surface area is 113 Å². The Morgan fingerprint density at radius 3 is 2.15 bits per heavy atom. The van der Waals surface area contributed by atoms with Gasteiger partial charge >= 0.3 is 11.9 Å². The van der Waals surface area contributed by atoms with Crippen molar-refractivity contribution in [2.24, 2.45) is 0 Å². The summed E-state index contributed by atoms with van der Waals surface area (Å²) in [4.78, 5) is 31.6. The zero-order valence-corrected chi connectivity index (χ0v) is 10.4. The number of carboxylic acid groups (broad SMARTS) is 2. The highest BCUT2D eigenvalue weighted by Crippen LogP contribution is 2.18. The lowest BCUT2D eigenvalue weighted by Crippen LogP contribution is -2.03. The molecule has 0 aliphatic heterocycles. The third kappa shape index (κ3) is 4.05. The zero-order chi connectivity index (χ0) is 15.3. The van der Waals surface area contributed by atoms with E-state index in [4.69, 9.17) is 10.2 Å². The summed E-state index contributed by atoms with van der Waals surface area (Å²) in [6.07, 6.45) is 2.03. The Kier molecular flexibility index (Phi) is 4.74. The minimum Gasteiger partial charge on any atom is -0.478 e. The molecule has 0 saturated heterocycles. The lowest BCUT2D eigenvalue weighted by Gasteiger charge is -2.02. The number of nitro groups is 1. The van der Waals surface area contributed by atoms with Crippen LogP contribution in [0.3, 0.4) is 0 Å². The molecule has 0 aliphatic rings. The molecule has 0 aliphatic carbocycles. The highest BCUT2D eigenvalue weighted by Gasteiger charge is 2.11. The summed E-state index contributed by atoms with van der Waals surface area (Å²) in [6, 6.07) is 5.24. The van der Waals surface area contributed by atoms with Gasteiger partial charge in [-0.15, -0.1) is 0 Å². The van der Waals surface area contributed by atoms with Crippen molar-refractivity contribution < 1.29 is 24.7 Å². The van der Waals surface area contributed by atoms with Gasteiger partial charge in [0.25, 0.3) is 5.69 Å². The number of hydrogen-bond donors (Lipinski definition) is 2. The Hall–Kier alpha value is -2.96. The van der Waals surface area contributed by atoms with E-state index in [1.165, 1.54) is 37.3 Å². The van der Waals surface area contributed by atoms with Gasteiger partial charge in [-0.2, -0.15) is 0 Å². The van der Waals surface area contributed by atoms with Gasteiger partial charge in [0.05, 0.1) is 10.5 Å². The predicted molar refractivity (Wildman–Crippen MR) is 70.1 cm³/mol. The molecular weight excluding hydrogens is 266 g/mol. The van der Waals surface area contributed by atoms with E-state index in [1.807, 2.05) is 0 Å². The first-order chi connectivity index (χ1) is 9.31. The van der Waals surface area contributed by atoms with Crippen LogP contribution in [0.1, 0.15) is 12.5 Å². The minimum absolute atomic E-state index is 0.0725. The van der Waals surface area contributed by atoms with Crippen LogP contribution in [0.25, 0.3) is 6.08 Å². The second kappa shape index (κ2) is 6.28. The Morgan fingerprint density at radius 1 is 1.20 bits per heavy atom. The van der Waals surface area contributed by atoms with E-state index in [0.29, 0.717) is 5.56 Å². The molecule has 1 aromatic carbocycles. The number of hydrogen-bond acceptors (Lipinski definition) is 4. The Morgan fingerprint density at radius 2 is 1.75 bits per heavy atom. The second-order valence-corrected chi connectivity index (χ2v) is 3.88. The molecule has 0 fully saturated rings. The quantitative estimate of drug-likeness (QED) is 0.368. The van der Waals surface area contributed by atoms with Gasteiger partial charge in [-0.3, -0.25) is 10.1 Å². The van der Waals surface area contributed by atoms with Crippen LogP contribution in [0.2, 0.25) is 0 Å². The maximum atomic E-state index is 11.1. The summed E-state index contributed by atoms with van der Waals surface area (Å²) in [5.41, 5.74) is 0.188. The topological polar surface area (TPSA) is 118 Å². The molecule has 104 valence electrons. The molecule has 0 saturated carbocycles. The number of non-ortho nitro benzene ring substituents is 1. The van der Waals surface area contributed by atoms with Crippen LogP contribution in [0.15, 0.2) is 41.5 Å². The van der Waals surface area contributed by atoms with Gasteiger partial charge in [0.1, 0.15) is 0 Å². The summed E-state index contributed by atoms with van der Waals surface area (Å²) >= 11 is 0.